The minimum atomic E-state index is -0.641. The maximum atomic E-state index is 14.5. The van der Waals surface area contributed by atoms with Gasteiger partial charge < -0.3 is 4.90 Å². The third-order valence-electron chi connectivity index (χ3n) is 9.10. The van der Waals surface area contributed by atoms with Crippen molar-refractivity contribution >= 4 is 5.82 Å². The molecule has 1 aliphatic heterocycles. The maximum absolute atomic E-state index is 14.5. The molecule has 2 bridgehead atoms. The van der Waals surface area contributed by atoms with E-state index in [1.54, 1.807) is 6.20 Å². The summed E-state index contributed by atoms with van der Waals surface area (Å²) in [6.07, 6.45) is 7.26. The number of rotatable bonds is 4. The van der Waals surface area contributed by atoms with Crippen molar-refractivity contribution in [1.29, 1.82) is 0 Å². The van der Waals surface area contributed by atoms with Crippen LogP contribution in [0.2, 0.25) is 0 Å². The molecule has 1 saturated carbocycles. The number of anilines is 1. The van der Waals surface area contributed by atoms with Crippen LogP contribution in [0.1, 0.15) is 56.5 Å². The molecular weight excluding hydrogens is 482 g/mol. The summed E-state index contributed by atoms with van der Waals surface area (Å²) in [4.78, 5) is 16.7. The second-order valence-electron chi connectivity index (χ2n) is 11.6. The molecule has 0 unspecified atom stereocenters. The zero-order chi connectivity index (χ0) is 26.2. The van der Waals surface area contributed by atoms with Crippen molar-refractivity contribution in [2.45, 2.75) is 44.9 Å². The monoisotopic (exact) mass is 510 g/mol. The average molecular weight is 511 g/mol. The second kappa shape index (κ2) is 8.09. The number of halogens is 2. The number of pyridine rings is 1. The predicted molar refractivity (Wildman–Crippen MR) is 141 cm³/mol. The summed E-state index contributed by atoms with van der Waals surface area (Å²) in [5, 5.41) is 8.96. The largest absolute Gasteiger partial charge is 0.356 e. The third kappa shape index (κ3) is 3.12. The second-order valence-corrected chi connectivity index (χ2v) is 11.6. The van der Waals surface area contributed by atoms with Crippen LogP contribution in [0, 0.1) is 23.0 Å². The first-order valence-electron chi connectivity index (χ1n) is 13.2. The van der Waals surface area contributed by atoms with Gasteiger partial charge in [0, 0.05) is 31.0 Å². The SMILES string of the molecule is CC1CN(c2ccc(-c3cncc([C@@]45CC[C@@H](c6cc(-c7c(F)cccc7F)nnc64)C5(C)C)n3)cn2)C1. The molecule has 0 spiro atoms. The van der Waals surface area contributed by atoms with Crippen LogP contribution in [0.15, 0.2) is 55.0 Å². The summed E-state index contributed by atoms with van der Waals surface area (Å²) in [6.45, 7) is 8.77. The Morgan fingerprint density at radius 2 is 1.74 bits per heavy atom. The molecule has 1 saturated heterocycles. The van der Waals surface area contributed by atoms with E-state index in [1.807, 2.05) is 24.5 Å². The zero-order valence-electron chi connectivity index (χ0n) is 21.6. The van der Waals surface area contributed by atoms with E-state index in [0.717, 1.165) is 60.0 Å². The molecule has 0 N–H and O–H groups in total. The van der Waals surface area contributed by atoms with Crippen molar-refractivity contribution in [3.63, 3.8) is 0 Å². The van der Waals surface area contributed by atoms with Gasteiger partial charge in [-0.15, -0.1) is 5.10 Å². The van der Waals surface area contributed by atoms with Gasteiger partial charge in [0.2, 0.25) is 0 Å². The Kier molecular flexibility index (Phi) is 4.97. The van der Waals surface area contributed by atoms with E-state index in [2.05, 4.69) is 51.9 Å². The van der Waals surface area contributed by atoms with Gasteiger partial charge in [0.1, 0.15) is 17.5 Å². The van der Waals surface area contributed by atoms with Crippen molar-refractivity contribution in [2.24, 2.45) is 11.3 Å². The first-order valence-corrected chi connectivity index (χ1v) is 13.2. The summed E-state index contributed by atoms with van der Waals surface area (Å²) < 4.78 is 29.1. The number of benzene rings is 1. The first kappa shape index (κ1) is 23.3. The van der Waals surface area contributed by atoms with Crippen LogP contribution in [0.4, 0.5) is 14.6 Å². The minimum Gasteiger partial charge on any atom is -0.356 e. The van der Waals surface area contributed by atoms with Crippen LogP contribution < -0.4 is 4.90 Å². The van der Waals surface area contributed by atoms with Gasteiger partial charge in [0.25, 0.3) is 0 Å². The lowest BCUT2D eigenvalue weighted by Crippen LogP contribution is -2.45. The molecule has 38 heavy (non-hydrogen) atoms. The van der Waals surface area contributed by atoms with Crippen molar-refractivity contribution in [1.82, 2.24) is 25.1 Å². The average Bonchev–Trinajstić information content (AvgIpc) is 3.28. The minimum absolute atomic E-state index is 0.136. The summed E-state index contributed by atoms with van der Waals surface area (Å²) in [7, 11) is 0. The molecule has 7 rings (SSSR count). The molecule has 4 aromatic rings. The third-order valence-corrected chi connectivity index (χ3v) is 9.10. The van der Waals surface area contributed by atoms with E-state index in [-0.39, 0.29) is 22.6 Å². The predicted octanol–water partition coefficient (Wildman–Crippen LogP) is 5.93. The molecule has 1 aromatic carbocycles. The summed E-state index contributed by atoms with van der Waals surface area (Å²) in [6, 6.07) is 9.78. The molecule has 2 atom stereocenters. The highest BCUT2D eigenvalue weighted by Gasteiger charge is 2.65. The zero-order valence-corrected chi connectivity index (χ0v) is 21.6. The van der Waals surface area contributed by atoms with Gasteiger partial charge in [-0.1, -0.05) is 26.8 Å². The van der Waals surface area contributed by atoms with Crippen LogP contribution in [0.5, 0.6) is 0 Å². The van der Waals surface area contributed by atoms with E-state index >= 15 is 0 Å². The van der Waals surface area contributed by atoms with E-state index in [9.17, 15) is 8.78 Å². The molecule has 192 valence electrons. The fraction of sp³-hybridized carbons (Fsp3) is 0.367. The Morgan fingerprint density at radius 3 is 2.45 bits per heavy atom. The maximum Gasteiger partial charge on any atom is 0.135 e. The van der Waals surface area contributed by atoms with Crippen LogP contribution in [-0.4, -0.2) is 38.2 Å². The fourth-order valence-corrected chi connectivity index (χ4v) is 7.08. The van der Waals surface area contributed by atoms with Crippen LogP contribution in [0.25, 0.3) is 22.5 Å². The summed E-state index contributed by atoms with van der Waals surface area (Å²) >= 11 is 0. The van der Waals surface area contributed by atoms with E-state index < -0.39 is 17.0 Å². The fourth-order valence-electron chi connectivity index (χ4n) is 7.08. The Bertz CT molecular complexity index is 1540. The van der Waals surface area contributed by atoms with Crippen LogP contribution >= 0.6 is 0 Å². The molecule has 8 heteroatoms. The van der Waals surface area contributed by atoms with Crippen molar-refractivity contribution < 1.29 is 8.78 Å². The summed E-state index contributed by atoms with van der Waals surface area (Å²) in [5.74, 6) is 0.579. The standard InChI is InChI=1S/C30H28F2N6/c1-17-15-38(16-17)26-8-7-18(12-34-26)24-13-33-14-25(35-24)30-10-9-20(29(30,2)3)19-11-23(36-37-28(19)30)27-21(31)5-4-6-22(27)32/h4-8,11-14,17,20H,9-10,15-16H2,1-3H3/t20-,30-/m0/s1. The molecule has 3 aliphatic rings. The lowest BCUT2D eigenvalue weighted by atomic mass is 9.66. The van der Waals surface area contributed by atoms with Crippen LogP contribution in [-0.2, 0) is 5.41 Å². The van der Waals surface area contributed by atoms with Crippen molar-refractivity contribution in [2.75, 3.05) is 18.0 Å². The molecule has 4 heterocycles. The quantitative estimate of drug-likeness (QED) is 0.339. The number of nitrogens with zero attached hydrogens (tertiary/aromatic N) is 6. The summed E-state index contributed by atoms with van der Waals surface area (Å²) in [5.41, 5.74) is 3.73. The van der Waals surface area contributed by atoms with E-state index in [4.69, 9.17) is 4.98 Å². The number of hydrogen-bond acceptors (Lipinski definition) is 6. The van der Waals surface area contributed by atoms with Gasteiger partial charge in [0.15, 0.2) is 0 Å². The molecule has 6 nitrogen and oxygen atoms in total. The van der Waals surface area contributed by atoms with Gasteiger partial charge in [-0.3, -0.25) is 4.98 Å². The van der Waals surface area contributed by atoms with Gasteiger partial charge in [-0.2, -0.15) is 5.10 Å². The smallest absolute Gasteiger partial charge is 0.135 e. The Morgan fingerprint density at radius 1 is 0.947 bits per heavy atom. The molecule has 0 amide bonds. The van der Waals surface area contributed by atoms with E-state index in [1.165, 1.54) is 18.2 Å². The first-order chi connectivity index (χ1) is 18.3. The highest BCUT2D eigenvalue weighted by Crippen LogP contribution is 2.69. The van der Waals surface area contributed by atoms with E-state index in [0.29, 0.717) is 5.92 Å². The van der Waals surface area contributed by atoms with Gasteiger partial charge in [-0.25, -0.2) is 18.7 Å². The normalized spacial score (nSPS) is 23.4. The Balaban J connectivity index is 1.29. The molecule has 2 aliphatic carbocycles. The Hall–Kier alpha value is -3.81. The van der Waals surface area contributed by atoms with Gasteiger partial charge in [0.05, 0.1) is 40.0 Å². The van der Waals surface area contributed by atoms with Crippen LogP contribution in [0.3, 0.4) is 0 Å². The number of fused-ring (bicyclic) bond motifs is 5. The van der Waals surface area contributed by atoms with Crippen molar-refractivity contribution in [3.8, 4) is 22.5 Å². The molecule has 3 aromatic heterocycles. The molecular formula is C30H28F2N6. The lowest BCUT2D eigenvalue weighted by molar-refractivity contribution is 0.242. The highest BCUT2D eigenvalue weighted by atomic mass is 19.1. The van der Waals surface area contributed by atoms with Gasteiger partial charge in [-0.05, 0) is 66.0 Å². The topological polar surface area (TPSA) is 67.7 Å². The lowest BCUT2D eigenvalue weighted by Gasteiger charge is -2.38. The number of aromatic nitrogens is 5. The molecule has 2 fully saturated rings. The van der Waals surface area contributed by atoms with Gasteiger partial charge >= 0.3 is 0 Å². The Labute approximate surface area is 220 Å². The number of hydrogen-bond donors (Lipinski definition) is 0. The van der Waals surface area contributed by atoms with Crippen molar-refractivity contribution in [3.05, 3.63) is 83.6 Å². The highest BCUT2D eigenvalue weighted by molar-refractivity contribution is 5.65. The molecule has 0 radical (unpaired) electrons.